The summed E-state index contributed by atoms with van der Waals surface area (Å²) in [5.41, 5.74) is -0.928. The Balaban J connectivity index is 3.35. The molecule has 0 amide bonds. The van der Waals surface area contributed by atoms with Crippen LogP contribution in [0.3, 0.4) is 0 Å². The quantitative estimate of drug-likeness (QED) is 0.604. The summed E-state index contributed by atoms with van der Waals surface area (Å²) in [5.74, 6) is 0. The van der Waals surface area contributed by atoms with Gasteiger partial charge in [0, 0.05) is 4.47 Å². The zero-order chi connectivity index (χ0) is 10.2. The van der Waals surface area contributed by atoms with E-state index in [9.17, 15) is 13.2 Å². The molecule has 13 heavy (non-hydrogen) atoms. The van der Waals surface area contributed by atoms with Crippen LogP contribution in [-0.4, -0.2) is 0 Å². The average Bonchev–Trinajstić information content (AvgIpc) is 1.98. The van der Waals surface area contributed by atoms with Gasteiger partial charge in [0.05, 0.1) is 15.6 Å². The third-order valence-electron chi connectivity index (χ3n) is 1.34. The largest absolute Gasteiger partial charge is 0.417 e. The second-order valence-corrected chi connectivity index (χ2v) is 3.83. The lowest BCUT2D eigenvalue weighted by molar-refractivity contribution is -0.137. The lowest BCUT2D eigenvalue weighted by Gasteiger charge is -2.10. The first-order chi connectivity index (χ1) is 5.84. The summed E-state index contributed by atoms with van der Waals surface area (Å²) in [6, 6.07) is 2.08. The maximum atomic E-state index is 12.2. The van der Waals surface area contributed by atoms with E-state index in [2.05, 4.69) is 15.9 Å². The highest BCUT2D eigenvalue weighted by Crippen LogP contribution is 2.40. The molecule has 0 aliphatic carbocycles. The predicted molar refractivity (Wildman–Crippen MR) is 49.2 cm³/mol. The number of rotatable bonds is 0. The first-order valence-electron chi connectivity index (χ1n) is 3.04. The molecule has 0 spiro atoms. The zero-order valence-electron chi connectivity index (χ0n) is 5.92. The smallest absolute Gasteiger partial charge is 0.166 e. The molecule has 72 valence electrons. The van der Waals surface area contributed by atoms with Gasteiger partial charge in [0.1, 0.15) is 0 Å². The zero-order valence-corrected chi connectivity index (χ0v) is 9.02. The fourth-order valence-electron chi connectivity index (χ4n) is 0.745. The van der Waals surface area contributed by atoms with Crippen molar-refractivity contribution in [1.82, 2.24) is 0 Å². The van der Waals surface area contributed by atoms with Crippen molar-refractivity contribution in [3.63, 3.8) is 0 Å². The number of alkyl halides is 3. The highest BCUT2D eigenvalue weighted by Gasteiger charge is 2.34. The third-order valence-corrected chi connectivity index (χ3v) is 3.11. The van der Waals surface area contributed by atoms with Crippen LogP contribution in [0.25, 0.3) is 0 Å². The Morgan fingerprint density at radius 3 is 2.08 bits per heavy atom. The van der Waals surface area contributed by atoms with Gasteiger partial charge in [-0.1, -0.05) is 23.2 Å². The topological polar surface area (TPSA) is 0 Å². The van der Waals surface area contributed by atoms with Gasteiger partial charge in [-0.05, 0) is 28.1 Å². The molecule has 0 saturated carbocycles. The lowest BCUT2D eigenvalue weighted by Crippen LogP contribution is -2.05. The monoisotopic (exact) mass is 292 g/mol. The summed E-state index contributed by atoms with van der Waals surface area (Å²) in [6.45, 7) is 0. The summed E-state index contributed by atoms with van der Waals surface area (Å²) in [5, 5.41) is -0.611. The first kappa shape index (κ1) is 11.1. The van der Waals surface area contributed by atoms with Crippen LogP contribution in [0.2, 0.25) is 10.0 Å². The molecular formula is C7H2BrCl2F3. The van der Waals surface area contributed by atoms with Gasteiger partial charge in [0.2, 0.25) is 0 Å². The molecule has 0 aliphatic rings. The van der Waals surface area contributed by atoms with Gasteiger partial charge in [-0.25, -0.2) is 0 Å². The van der Waals surface area contributed by atoms with Crippen molar-refractivity contribution >= 4 is 39.1 Å². The molecule has 0 aromatic heterocycles. The molecule has 0 heterocycles. The molecule has 1 aromatic carbocycles. The fraction of sp³-hybridized carbons (Fsp3) is 0.143. The first-order valence-corrected chi connectivity index (χ1v) is 4.59. The van der Waals surface area contributed by atoms with Gasteiger partial charge in [-0.15, -0.1) is 0 Å². The number of hydrogen-bond donors (Lipinski definition) is 0. The van der Waals surface area contributed by atoms with Gasteiger partial charge in [-0.3, -0.25) is 0 Å². The minimum Gasteiger partial charge on any atom is -0.166 e. The van der Waals surface area contributed by atoms with Gasteiger partial charge >= 0.3 is 6.18 Å². The van der Waals surface area contributed by atoms with E-state index in [0.29, 0.717) is 4.47 Å². The molecule has 6 heteroatoms. The standard InChI is InChI=1S/C7H2BrCl2F3/c8-4-2-1-3(7(11,12)13)5(9)6(4)10/h1-2H. The molecule has 0 fully saturated rings. The van der Waals surface area contributed by atoms with E-state index < -0.39 is 16.8 Å². The lowest BCUT2D eigenvalue weighted by atomic mass is 10.2. The fourth-order valence-corrected chi connectivity index (χ4v) is 1.63. The maximum absolute atomic E-state index is 12.2. The molecule has 0 radical (unpaired) electrons. The molecular weight excluding hydrogens is 292 g/mol. The summed E-state index contributed by atoms with van der Waals surface area (Å²) >= 11 is 13.9. The predicted octanol–water partition coefficient (Wildman–Crippen LogP) is 4.77. The van der Waals surface area contributed by atoms with Crippen molar-refractivity contribution in [2.75, 3.05) is 0 Å². The Hall–Kier alpha value is 0.0700. The van der Waals surface area contributed by atoms with Crippen LogP contribution in [-0.2, 0) is 6.18 Å². The van der Waals surface area contributed by atoms with Crippen LogP contribution in [0.1, 0.15) is 5.56 Å². The molecule has 0 saturated heterocycles. The average molecular weight is 294 g/mol. The Morgan fingerprint density at radius 2 is 1.62 bits per heavy atom. The van der Waals surface area contributed by atoms with Crippen molar-refractivity contribution in [2.45, 2.75) is 6.18 Å². The van der Waals surface area contributed by atoms with E-state index in [-0.39, 0.29) is 5.02 Å². The number of benzene rings is 1. The van der Waals surface area contributed by atoms with Gasteiger partial charge < -0.3 is 0 Å². The van der Waals surface area contributed by atoms with Crippen LogP contribution in [0.5, 0.6) is 0 Å². The third kappa shape index (κ3) is 2.30. The van der Waals surface area contributed by atoms with E-state index in [4.69, 9.17) is 23.2 Å². The van der Waals surface area contributed by atoms with E-state index in [1.165, 1.54) is 6.07 Å². The van der Waals surface area contributed by atoms with Crippen molar-refractivity contribution in [3.05, 3.63) is 32.2 Å². The van der Waals surface area contributed by atoms with E-state index in [1.54, 1.807) is 0 Å². The van der Waals surface area contributed by atoms with Crippen LogP contribution in [0.4, 0.5) is 13.2 Å². The van der Waals surface area contributed by atoms with Crippen molar-refractivity contribution in [1.29, 1.82) is 0 Å². The molecule has 0 atom stereocenters. The maximum Gasteiger partial charge on any atom is 0.417 e. The molecule has 0 unspecified atom stereocenters. The summed E-state index contributed by atoms with van der Waals surface area (Å²) < 4.78 is 36.9. The Labute approximate surface area is 90.8 Å². The summed E-state index contributed by atoms with van der Waals surface area (Å²) in [6.07, 6.45) is -4.47. The van der Waals surface area contributed by atoms with E-state index >= 15 is 0 Å². The van der Waals surface area contributed by atoms with Crippen LogP contribution < -0.4 is 0 Å². The van der Waals surface area contributed by atoms with E-state index in [0.717, 1.165) is 6.07 Å². The van der Waals surface area contributed by atoms with Crippen molar-refractivity contribution in [3.8, 4) is 0 Å². The van der Waals surface area contributed by atoms with Gasteiger partial charge in [-0.2, -0.15) is 13.2 Å². The van der Waals surface area contributed by atoms with Crippen LogP contribution in [0.15, 0.2) is 16.6 Å². The normalized spacial score (nSPS) is 11.8. The summed E-state index contributed by atoms with van der Waals surface area (Å²) in [7, 11) is 0. The molecule has 0 nitrogen and oxygen atoms in total. The molecule has 0 bridgehead atoms. The minimum absolute atomic E-state index is 0.128. The molecule has 0 aliphatic heterocycles. The second kappa shape index (κ2) is 3.67. The molecule has 1 rings (SSSR count). The number of hydrogen-bond acceptors (Lipinski definition) is 0. The Bertz CT molecular complexity index is 335. The highest BCUT2D eigenvalue weighted by molar-refractivity contribution is 9.10. The van der Waals surface area contributed by atoms with E-state index in [1.807, 2.05) is 0 Å². The van der Waals surface area contributed by atoms with Gasteiger partial charge in [0.25, 0.3) is 0 Å². The van der Waals surface area contributed by atoms with Crippen LogP contribution in [0, 0.1) is 0 Å². The molecule has 1 aromatic rings. The Morgan fingerprint density at radius 1 is 1.08 bits per heavy atom. The van der Waals surface area contributed by atoms with Crippen molar-refractivity contribution in [2.24, 2.45) is 0 Å². The molecule has 0 N–H and O–H groups in total. The highest BCUT2D eigenvalue weighted by atomic mass is 79.9. The second-order valence-electron chi connectivity index (χ2n) is 2.22. The minimum atomic E-state index is -4.47. The van der Waals surface area contributed by atoms with Gasteiger partial charge in [0.15, 0.2) is 0 Å². The Kier molecular flexibility index (Phi) is 3.15. The van der Waals surface area contributed by atoms with Crippen molar-refractivity contribution < 1.29 is 13.2 Å². The van der Waals surface area contributed by atoms with Crippen LogP contribution >= 0.6 is 39.1 Å². The SMILES string of the molecule is FC(F)(F)c1ccc(Br)c(Cl)c1Cl. The summed E-state index contributed by atoms with van der Waals surface area (Å²) in [4.78, 5) is 0. The number of halogens is 6.